The molecule has 0 aromatic carbocycles. The molecular weight excluding hydrogens is 232 g/mol. The van der Waals surface area contributed by atoms with Crippen molar-refractivity contribution in [2.75, 3.05) is 17.2 Å². The van der Waals surface area contributed by atoms with Gasteiger partial charge in [0.15, 0.2) is 5.82 Å². The number of aromatic nitrogens is 4. The molecule has 0 atom stereocenters. The minimum Gasteiger partial charge on any atom is -0.362 e. The van der Waals surface area contributed by atoms with Crippen LogP contribution in [0.5, 0.6) is 0 Å². The summed E-state index contributed by atoms with van der Waals surface area (Å²) in [5.74, 6) is 2.51. The number of nitrogens with zero attached hydrogens (tertiary/aromatic N) is 4. The number of rotatable bonds is 5. The molecule has 0 spiro atoms. The van der Waals surface area contributed by atoms with Crippen LogP contribution in [0, 0.1) is 13.8 Å². The van der Waals surface area contributed by atoms with E-state index in [-0.39, 0.29) is 0 Å². The van der Waals surface area contributed by atoms with Crippen molar-refractivity contribution in [1.29, 1.82) is 0 Å². The maximum Gasteiger partial charge on any atom is 0.224 e. The molecule has 0 saturated heterocycles. The highest BCUT2D eigenvalue weighted by Crippen LogP contribution is 2.10. The Bertz CT molecular complexity index is 524. The van der Waals surface area contributed by atoms with E-state index in [0.717, 1.165) is 18.1 Å². The molecule has 0 fully saturated rings. The van der Waals surface area contributed by atoms with E-state index in [4.69, 9.17) is 4.52 Å². The minimum atomic E-state index is 0.472. The molecule has 7 nitrogen and oxygen atoms in total. The Labute approximate surface area is 105 Å². The molecule has 2 aromatic heterocycles. The molecule has 96 valence electrons. The van der Waals surface area contributed by atoms with E-state index in [1.165, 1.54) is 0 Å². The van der Waals surface area contributed by atoms with Crippen molar-refractivity contribution in [3.63, 3.8) is 0 Å². The second-order valence-corrected chi connectivity index (χ2v) is 3.83. The smallest absolute Gasteiger partial charge is 0.224 e. The van der Waals surface area contributed by atoms with Gasteiger partial charge in [0.05, 0.1) is 6.54 Å². The lowest BCUT2D eigenvalue weighted by Crippen LogP contribution is -2.08. The minimum absolute atomic E-state index is 0.472. The fraction of sp³-hybridized carbons (Fsp3) is 0.455. The van der Waals surface area contributed by atoms with Crippen molar-refractivity contribution in [1.82, 2.24) is 20.1 Å². The van der Waals surface area contributed by atoms with Crippen molar-refractivity contribution in [3.8, 4) is 0 Å². The number of nitrogens with one attached hydrogen (secondary N) is 2. The first-order valence-electron chi connectivity index (χ1n) is 5.80. The first kappa shape index (κ1) is 12.3. The van der Waals surface area contributed by atoms with E-state index in [0.29, 0.717) is 24.2 Å². The Morgan fingerprint density at radius 3 is 2.67 bits per heavy atom. The molecule has 0 aliphatic rings. The lowest BCUT2D eigenvalue weighted by molar-refractivity contribution is 0.388. The van der Waals surface area contributed by atoms with Gasteiger partial charge in [0, 0.05) is 25.2 Å². The summed E-state index contributed by atoms with van der Waals surface area (Å²) in [5, 5.41) is 10.0. The molecule has 0 aliphatic heterocycles. The molecule has 2 rings (SSSR count). The molecule has 0 unspecified atom stereocenters. The summed E-state index contributed by atoms with van der Waals surface area (Å²) in [5.41, 5.74) is 0.896. The zero-order chi connectivity index (χ0) is 13.0. The summed E-state index contributed by atoms with van der Waals surface area (Å²) in [4.78, 5) is 12.7. The summed E-state index contributed by atoms with van der Waals surface area (Å²) in [6, 6.07) is 1.87. The fourth-order valence-electron chi connectivity index (χ4n) is 1.48. The van der Waals surface area contributed by atoms with Gasteiger partial charge in [0.2, 0.25) is 11.8 Å². The first-order chi connectivity index (χ1) is 8.67. The Balaban J connectivity index is 2.04. The van der Waals surface area contributed by atoms with E-state index in [2.05, 4.69) is 30.7 Å². The largest absolute Gasteiger partial charge is 0.362 e. The van der Waals surface area contributed by atoms with Crippen LogP contribution in [-0.2, 0) is 6.54 Å². The Hall–Kier alpha value is -2.18. The van der Waals surface area contributed by atoms with Gasteiger partial charge in [0.1, 0.15) is 5.82 Å². The molecule has 18 heavy (non-hydrogen) atoms. The monoisotopic (exact) mass is 248 g/mol. The SMILES string of the molecule is CCNc1nc(C)cc(NCc2noc(C)n2)n1. The summed E-state index contributed by atoms with van der Waals surface area (Å²) < 4.78 is 4.89. The van der Waals surface area contributed by atoms with Crippen molar-refractivity contribution < 1.29 is 4.52 Å². The second-order valence-electron chi connectivity index (χ2n) is 3.83. The molecule has 0 radical (unpaired) electrons. The van der Waals surface area contributed by atoms with Crippen LogP contribution in [-0.4, -0.2) is 26.7 Å². The van der Waals surface area contributed by atoms with Gasteiger partial charge in [-0.05, 0) is 13.8 Å². The average molecular weight is 248 g/mol. The quantitative estimate of drug-likeness (QED) is 0.829. The van der Waals surface area contributed by atoms with Crippen molar-refractivity contribution in [3.05, 3.63) is 23.5 Å². The highest BCUT2D eigenvalue weighted by Gasteiger charge is 2.04. The van der Waals surface area contributed by atoms with Crippen LogP contribution in [0.2, 0.25) is 0 Å². The third-order valence-corrected chi connectivity index (χ3v) is 2.19. The molecule has 2 aromatic rings. The summed E-state index contributed by atoms with van der Waals surface area (Å²) >= 11 is 0. The number of aryl methyl sites for hydroxylation is 2. The molecule has 0 amide bonds. The summed E-state index contributed by atoms with van der Waals surface area (Å²) in [7, 11) is 0. The predicted molar refractivity (Wildman–Crippen MR) is 67.3 cm³/mol. The van der Waals surface area contributed by atoms with Gasteiger partial charge in [0.25, 0.3) is 0 Å². The van der Waals surface area contributed by atoms with Crippen LogP contribution in [0.1, 0.15) is 24.3 Å². The lowest BCUT2D eigenvalue weighted by Gasteiger charge is -2.07. The topological polar surface area (TPSA) is 88.8 Å². The molecule has 2 heterocycles. The van der Waals surface area contributed by atoms with Crippen LogP contribution in [0.15, 0.2) is 10.6 Å². The molecule has 0 saturated carbocycles. The molecule has 0 aliphatic carbocycles. The third kappa shape index (κ3) is 3.16. The van der Waals surface area contributed by atoms with Crippen LogP contribution < -0.4 is 10.6 Å². The van der Waals surface area contributed by atoms with Crippen molar-refractivity contribution in [2.24, 2.45) is 0 Å². The van der Waals surface area contributed by atoms with Gasteiger partial charge in [-0.15, -0.1) is 0 Å². The zero-order valence-electron chi connectivity index (χ0n) is 10.7. The fourth-order valence-corrected chi connectivity index (χ4v) is 1.48. The van der Waals surface area contributed by atoms with E-state index in [1.807, 2.05) is 19.9 Å². The third-order valence-electron chi connectivity index (χ3n) is 2.19. The molecule has 0 bridgehead atoms. The highest BCUT2D eigenvalue weighted by molar-refractivity contribution is 5.42. The van der Waals surface area contributed by atoms with Crippen molar-refractivity contribution >= 4 is 11.8 Å². The number of hydrogen-bond donors (Lipinski definition) is 2. The Morgan fingerprint density at radius 2 is 2.00 bits per heavy atom. The normalized spacial score (nSPS) is 10.4. The van der Waals surface area contributed by atoms with Crippen LogP contribution in [0.4, 0.5) is 11.8 Å². The van der Waals surface area contributed by atoms with Gasteiger partial charge in [-0.1, -0.05) is 5.16 Å². The van der Waals surface area contributed by atoms with E-state index in [9.17, 15) is 0 Å². The van der Waals surface area contributed by atoms with E-state index < -0.39 is 0 Å². The zero-order valence-corrected chi connectivity index (χ0v) is 10.7. The summed E-state index contributed by atoms with van der Waals surface area (Å²) in [6.45, 7) is 6.94. The van der Waals surface area contributed by atoms with Crippen LogP contribution in [0.25, 0.3) is 0 Å². The van der Waals surface area contributed by atoms with Gasteiger partial charge >= 0.3 is 0 Å². The number of anilines is 2. The maximum absolute atomic E-state index is 4.89. The maximum atomic E-state index is 4.89. The first-order valence-corrected chi connectivity index (χ1v) is 5.80. The summed E-state index contributed by atoms with van der Waals surface area (Å²) in [6.07, 6.45) is 0. The standard InChI is InChI=1S/C11H16N6O/c1-4-12-11-14-7(2)5-9(16-11)13-6-10-15-8(3)18-17-10/h5H,4,6H2,1-3H3,(H2,12,13,14,16). The van der Waals surface area contributed by atoms with Gasteiger partial charge in [-0.25, -0.2) is 4.98 Å². The van der Waals surface area contributed by atoms with E-state index in [1.54, 1.807) is 6.92 Å². The van der Waals surface area contributed by atoms with Gasteiger partial charge in [-0.2, -0.15) is 9.97 Å². The van der Waals surface area contributed by atoms with Crippen molar-refractivity contribution in [2.45, 2.75) is 27.3 Å². The van der Waals surface area contributed by atoms with E-state index >= 15 is 0 Å². The molecular formula is C11H16N6O. The lowest BCUT2D eigenvalue weighted by atomic mass is 10.4. The van der Waals surface area contributed by atoms with Crippen LogP contribution >= 0.6 is 0 Å². The Kier molecular flexibility index (Phi) is 3.71. The predicted octanol–water partition coefficient (Wildman–Crippen LogP) is 1.52. The highest BCUT2D eigenvalue weighted by atomic mass is 16.5. The van der Waals surface area contributed by atoms with Gasteiger partial charge < -0.3 is 15.2 Å². The second kappa shape index (κ2) is 5.44. The average Bonchev–Trinajstić information content (AvgIpc) is 2.72. The van der Waals surface area contributed by atoms with Crippen LogP contribution in [0.3, 0.4) is 0 Å². The molecule has 7 heteroatoms. The molecule has 2 N–H and O–H groups in total. The number of hydrogen-bond acceptors (Lipinski definition) is 7. The van der Waals surface area contributed by atoms with Gasteiger partial charge in [-0.3, -0.25) is 0 Å². The Morgan fingerprint density at radius 1 is 1.17 bits per heavy atom.